The molecule has 3 fully saturated rings. The molecule has 48 valence electrons. The molecule has 2 bridgehead atoms. The van der Waals surface area contributed by atoms with Gasteiger partial charge in [0.1, 0.15) is 5.57 Å². The highest BCUT2D eigenvalue weighted by Gasteiger charge is 2.36. The first-order valence-corrected chi connectivity index (χ1v) is 3.89. The molecule has 0 saturated heterocycles. The van der Waals surface area contributed by atoms with Crippen LogP contribution >= 0.6 is 0 Å². The minimum absolute atomic E-state index is 1.01. The minimum Gasteiger partial charge on any atom is -0.0297 e. The van der Waals surface area contributed by atoms with Crippen LogP contribution in [0, 0.1) is 11.8 Å². The number of fused-ring (bicyclic) bond motifs is 3. The summed E-state index contributed by atoms with van der Waals surface area (Å²) in [5.74, 6) is 2.69. The Kier molecular flexibility index (Phi) is 1.08. The van der Waals surface area contributed by atoms with Crippen molar-refractivity contribution < 1.29 is 0 Å². The van der Waals surface area contributed by atoms with Crippen LogP contribution in [0.2, 0.25) is 0 Å². The molecule has 0 aliphatic heterocycles. The van der Waals surface area contributed by atoms with Crippen LogP contribution in [0.4, 0.5) is 0 Å². The fraction of sp³-hybridized carbons (Fsp3) is 0.667. The van der Waals surface area contributed by atoms with Gasteiger partial charge >= 0.3 is 0 Å². The van der Waals surface area contributed by atoms with Gasteiger partial charge in [0.15, 0.2) is 0 Å². The van der Waals surface area contributed by atoms with E-state index in [4.69, 9.17) is 0 Å². The molecule has 0 amide bonds. The second kappa shape index (κ2) is 1.80. The quantitative estimate of drug-likeness (QED) is 0.432. The monoisotopic (exact) mass is 121 g/mol. The van der Waals surface area contributed by atoms with Gasteiger partial charge in [-0.1, -0.05) is 0 Å². The first-order valence-electron chi connectivity index (χ1n) is 3.89. The van der Waals surface area contributed by atoms with Crippen LogP contribution in [-0.2, 0) is 0 Å². The fourth-order valence-electron chi connectivity index (χ4n) is 2.08. The highest BCUT2D eigenvalue weighted by atomic mass is 14.3. The fourth-order valence-corrected chi connectivity index (χ4v) is 2.08. The highest BCUT2D eigenvalue weighted by Crippen LogP contribution is 2.44. The third kappa shape index (κ3) is 0.772. The van der Waals surface area contributed by atoms with Crippen molar-refractivity contribution in [2.24, 2.45) is 5.92 Å². The molecule has 0 aromatic carbocycles. The summed E-state index contributed by atoms with van der Waals surface area (Å²) in [4.78, 5) is 0. The summed E-state index contributed by atoms with van der Waals surface area (Å²) in [7, 11) is 0. The lowest BCUT2D eigenvalue weighted by Crippen LogP contribution is -2.22. The molecule has 0 heteroatoms. The number of hydrogen-bond donors (Lipinski definition) is 0. The Morgan fingerprint density at radius 2 is 2.00 bits per heavy atom. The van der Waals surface area contributed by atoms with Crippen LogP contribution in [0.15, 0.2) is 12.2 Å². The van der Waals surface area contributed by atoms with Gasteiger partial charge in [0.05, 0.1) is 5.92 Å². The van der Waals surface area contributed by atoms with Gasteiger partial charge in [0.2, 0.25) is 0 Å². The average molecular weight is 121 g/mol. The Morgan fingerprint density at radius 1 is 1.33 bits per heavy atom. The van der Waals surface area contributed by atoms with Gasteiger partial charge in [-0.25, -0.2) is 0 Å². The van der Waals surface area contributed by atoms with Crippen LogP contribution < -0.4 is 0 Å². The van der Waals surface area contributed by atoms with Crippen molar-refractivity contribution in [3.05, 3.63) is 18.1 Å². The van der Waals surface area contributed by atoms with E-state index < -0.39 is 0 Å². The second-order valence-corrected chi connectivity index (χ2v) is 3.35. The standard InChI is InChI=1S/C9H13/c1-7-6-8-2-4-9(7)5-3-8/h8H,1-6H2/q+1. The Labute approximate surface area is 57.0 Å². The van der Waals surface area contributed by atoms with Crippen LogP contribution in [0.5, 0.6) is 0 Å². The Bertz CT molecular complexity index is 127. The van der Waals surface area contributed by atoms with Crippen molar-refractivity contribution in [3.8, 4) is 0 Å². The lowest BCUT2D eigenvalue weighted by atomic mass is 9.68. The molecule has 0 nitrogen and oxygen atoms in total. The van der Waals surface area contributed by atoms with Crippen LogP contribution in [-0.4, -0.2) is 0 Å². The van der Waals surface area contributed by atoms with Gasteiger partial charge in [-0.15, -0.1) is 0 Å². The van der Waals surface area contributed by atoms with Crippen molar-refractivity contribution in [3.63, 3.8) is 0 Å². The SMILES string of the molecule is C=C1CC2CC[C+]1CC2. The summed E-state index contributed by atoms with van der Waals surface area (Å²) >= 11 is 0. The van der Waals surface area contributed by atoms with E-state index in [1.807, 2.05) is 0 Å². The third-order valence-electron chi connectivity index (χ3n) is 2.74. The lowest BCUT2D eigenvalue weighted by molar-refractivity contribution is 0.335. The zero-order valence-electron chi connectivity index (χ0n) is 5.82. The molecule has 3 aliphatic carbocycles. The number of hydrogen-bond acceptors (Lipinski definition) is 0. The van der Waals surface area contributed by atoms with E-state index in [9.17, 15) is 0 Å². The summed E-state index contributed by atoms with van der Waals surface area (Å²) in [5.41, 5.74) is 1.47. The largest absolute Gasteiger partial charge is 0.102 e. The predicted molar refractivity (Wildman–Crippen MR) is 39.0 cm³/mol. The summed E-state index contributed by atoms with van der Waals surface area (Å²) in [6.45, 7) is 4.06. The van der Waals surface area contributed by atoms with E-state index in [1.54, 1.807) is 5.92 Å². The van der Waals surface area contributed by atoms with Crippen molar-refractivity contribution in [1.82, 2.24) is 0 Å². The molecule has 0 spiro atoms. The van der Waals surface area contributed by atoms with E-state index in [2.05, 4.69) is 6.58 Å². The molecule has 9 heavy (non-hydrogen) atoms. The molecule has 0 aromatic heterocycles. The van der Waals surface area contributed by atoms with Gasteiger partial charge < -0.3 is 0 Å². The first kappa shape index (κ1) is 5.40. The average Bonchev–Trinajstić information content (AvgIpc) is 1.90. The first-order chi connectivity index (χ1) is 4.36. The molecule has 0 atom stereocenters. The molecule has 0 unspecified atom stereocenters. The molecule has 0 aromatic rings. The second-order valence-electron chi connectivity index (χ2n) is 3.35. The Balaban J connectivity index is 2.15. The maximum absolute atomic E-state index is 4.06. The predicted octanol–water partition coefficient (Wildman–Crippen LogP) is 2.71. The topological polar surface area (TPSA) is 0 Å². The van der Waals surface area contributed by atoms with E-state index in [-0.39, 0.29) is 0 Å². The molecule has 0 heterocycles. The van der Waals surface area contributed by atoms with Crippen LogP contribution in [0.25, 0.3) is 0 Å². The normalized spacial score (nSPS) is 27.6. The minimum atomic E-state index is 1.01. The summed E-state index contributed by atoms with van der Waals surface area (Å²) in [6, 6.07) is 0. The van der Waals surface area contributed by atoms with Crippen molar-refractivity contribution >= 4 is 0 Å². The third-order valence-corrected chi connectivity index (χ3v) is 2.74. The highest BCUT2D eigenvalue weighted by molar-refractivity contribution is 5.26. The molecule has 0 radical (unpaired) electrons. The maximum Gasteiger partial charge on any atom is 0.102 e. The summed E-state index contributed by atoms with van der Waals surface area (Å²) in [6.07, 6.45) is 6.95. The zero-order valence-corrected chi connectivity index (χ0v) is 5.82. The molecule has 3 rings (SSSR count). The van der Waals surface area contributed by atoms with Gasteiger partial charge in [0.25, 0.3) is 0 Å². The Hall–Kier alpha value is -0.390. The molecule has 0 N–H and O–H groups in total. The van der Waals surface area contributed by atoms with Gasteiger partial charge in [-0.2, -0.15) is 0 Å². The Morgan fingerprint density at radius 3 is 2.22 bits per heavy atom. The molecule has 3 saturated carbocycles. The van der Waals surface area contributed by atoms with Crippen molar-refractivity contribution in [2.75, 3.05) is 0 Å². The number of allylic oxidation sites excluding steroid dienone is 1. The van der Waals surface area contributed by atoms with Crippen LogP contribution in [0.1, 0.15) is 32.1 Å². The van der Waals surface area contributed by atoms with Gasteiger partial charge in [0, 0.05) is 25.8 Å². The van der Waals surface area contributed by atoms with Crippen LogP contribution in [0.3, 0.4) is 0 Å². The lowest BCUT2D eigenvalue weighted by Gasteiger charge is -2.31. The van der Waals surface area contributed by atoms with Crippen molar-refractivity contribution in [2.45, 2.75) is 32.1 Å². The van der Waals surface area contributed by atoms with E-state index >= 15 is 0 Å². The van der Waals surface area contributed by atoms with Crippen molar-refractivity contribution in [1.29, 1.82) is 0 Å². The van der Waals surface area contributed by atoms with E-state index in [0.29, 0.717) is 0 Å². The zero-order chi connectivity index (χ0) is 6.27. The van der Waals surface area contributed by atoms with E-state index in [0.717, 1.165) is 5.92 Å². The molecule has 3 aliphatic rings. The summed E-state index contributed by atoms with van der Waals surface area (Å²) in [5, 5.41) is 0. The van der Waals surface area contributed by atoms with Gasteiger partial charge in [-0.3, -0.25) is 0 Å². The maximum atomic E-state index is 4.06. The molecular formula is C9H13+. The van der Waals surface area contributed by atoms with Gasteiger partial charge in [-0.05, 0) is 18.8 Å². The summed E-state index contributed by atoms with van der Waals surface area (Å²) < 4.78 is 0. The molecular weight excluding hydrogens is 108 g/mol. The number of rotatable bonds is 0. The van der Waals surface area contributed by atoms with E-state index in [1.165, 1.54) is 37.7 Å². The smallest absolute Gasteiger partial charge is 0.0297 e.